The number of benzene rings is 1. The smallest absolute Gasteiger partial charge is 0.263 e. The van der Waals surface area contributed by atoms with Crippen molar-refractivity contribution in [1.82, 2.24) is 9.55 Å². The largest absolute Gasteiger partial charge is 0.495 e. The van der Waals surface area contributed by atoms with E-state index in [-0.39, 0.29) is 17.2 Å². The predicted octanol–water partition coefficient (Wildman–Crippen LogP) is 4.92. The summed E-state index contributed by atoms with van der Waals surface area (Å²) in [6.45, 7) is 4.12. The molecule has 1 aliphatic rings. The van der Waals surface area contributed by atoms with E-state index >= 15 is 0 Å². The molecule has 3 aromatic rings. The Balaban J connectivity index is 1.56. The molecule has 162 valence electrons. The van der Waals surface area contributed by atoms with Gasteiger partial charge in [-0.2, -0.15) is 0 Å². The number of thiophene rings is 1. The number of rotatable bonds is 7. The minimum atomic E-state index is -0.212. The maximum absolute atomic E-state index is 13.2. The Morgan fingerprint density at radius 1 is 1.42 bits per heavy atom. The van der Waals surface area contributed by atoms with Gasteiger partial charge < -0.3 is 10.1 Å². The van der Waals surface area contributed by atoms with E-state index in [1.807, 2.05) is 0 Å². The van der Waals surface area contributed by atoms with E-state index < -0.39 is 0 Å². The lowest BCUT2D eigenvalue weighted by Gasteiger charge is -2.12. The van der Waals surface area contributed by atoms with E-state index in [9.17, 15) is 9.59 Å². The van der Waals surface area contributed by atoms with E-state index in [1.54, 1.807) is 40.2 Å². The summed E-state index contributed by atoms with van der Waals surface area (Å²) in [6.07, 6.45) is 5.87. The third-order valence-corrected chi connectivity index (χ3v) is 7.58. The Bertz CT molecular complexity index is 1220. The predicted molar refractivity (Wildman–Crippen MR) is 128 cm³/mol. The van der Waals surface area contributed by atoms with Gasteiger partial charge in [0.25, 0.3) is 5.56 Å². The number of nitrogens with zero attached hydrogens (tertiary/aromatic N) is 2. The van der Waals surface area contributed by atoms with Gasteiger partial charge >= 0.3 is 0 Å². The molecule has 0 fully saturated rings. The van der Waals surface area contributed by atoms with Crippen molar-refractivity contribution in [3.63, 3.8) is 0 Å². The number of amides is 1. The number of anilines is 1. The summed E-state index contributed by atoms with van der Waals surface area (Å²) in [4.78, 5) is 32.5. The highest BCUT2D eigenvalue weighted by atomic mass is 35.5. The highest BCUT2D eigenvalue weighted by Crippen LogP contribution is 2.34. The SMILES string of the molecule is C=CCn1c(SCC(=O)Nc2ccc(OC)c(Cl)c2)nc2sc3c(c2c1=O)CCCC3. The molecule has 0 unspecified atom stereocenters. The zero-order valence-electron chi connectivity index (χ0n) is 17.1. The molecule has 1 aromatic carbocycles. The monoisotopic (exact) mass is 475 g/mol. The Hall–Kier alpha value is -2.29. The van der Waals surface area contributed by atoms with Crippen LogP contribution in [-0.2, 0) is 24.2 Å². The highest BCUT2D eigenvalue weighted by molar-refractivity contribution is 7.99. The molecule has 1 aliphatic carbocycles. The van der Waals surface area contributed by atoms with Crippen molar-refractivity contribution in [1.29, 1.82) is 0 Å². The molecule has 0 saturated heterocycles. The van der Waals surface area contributed by atoms with E-state index in [0.29, 0.717) is 28.2 Å². The number of carbonyl (C=O) groups is 1. The number of nitrogens with one attached hydrogen (secondary N) is 1. The van der Waals surface area contributed by atoms with Crippen LogP contribution in [0.15, 0.2) is 40.8 Å². The fourth-order valence-electron chi connectivity index (χ4n) is 3.69. The zero-order valence-corrected chi connectivity index (χ0v) is 19.5. The van der Waals surface area contributed by atoms with Crippen LogP contribution in [0.4, 0.5) is 5.69 Å². The number of allylic oxidation sites excluding steroid dienone is 1. The fraction of sp³-hybridized carbons (Fsp3) is 0.318. The first-order chi connectivity index (χ1) is 15.0. The molecule has 1 amide bonds. The molecule has 0 bridgehead atoms. The van der Waals surface area contributed by atoms with Crippen LogP contribution in [0.5, 0.6) is 5.75 Å². The molecular formula is C22H22ClN3O3S2. The summed E-state index contributed by atoms with van der Waals surface area (Å²) < 4.78 is 6.74. The van der Waals surface area contributed by atoms with Crippen LogP contribution < -0.4 is 15.6 Å². The fourth-order valence-corrected chi connectivity index (χ4v) is 6.06. The van der Waals surface area contributed by atoms with Crippen LogP contribution in [0, 0.1) is 0 Å². The minimum absolute atomic E-state index is 0.0471. The van der Waals surface area contributed by atoms with Gasteiger partial charge in [0.15, 0.2) is 5.16 Å². The normalized spacial score (nSPS) is 13.1. The molecule has 6 nitrogen and oxygen atoms in total. The lowest BCUT2D eigenvalue weighted by Crippen LogP contribution is -2.24. The maximum atomic E-state index is 13.2. The number of hydrogen-bond donors (Lipinski definition) is 1. The molecule has 0 aliphatic heterocycles. The summed E-state index contributed by atoms with van der Waals surface area (Å²) in [5.74, 6) is 0.443. The number of halogens is 1. The Labute approximate surface area is 193 Å². The van der Waals surface area contributed by atoms with Crippen LogP contribution in [0.3, 0.4) is 0 Å². The average molecular weight is 476 g/mol. The van der Waals surface area contributed by atoms with Crippen molar-refractivity contribution in [2.45, 2.75) is 37.4 Å². The molecule has 0 radical (unpaired) electrons. The standard InChI is InChI=1S/C22H22ClN3O3S2/c1-3-10-26-21(28)19-14-6-4-5-7-17(14)31-20(19)25-22(26)30-12-18(27)24-13-8-9-16(29-2)15(23)11-13/h3,8-9,11H,1,4-7,10,12H2,2H3,(H,24,27). The van der Waals surface area contributed by atoms with Crippen molar-refractivity contribution in [3.8, 4) is 5.75 Å². The lowest BCUT2D eigenvalue weighted by molar-refractivity contribution is -0.113. The molecule has 2 heterocycles. The molecule has 4 rings (SSSR count). The second-order valence-corrected chi connectivity index (χ2v) is 9.61. The van der Waals surface area contributed by atoms with Gasteiger partial charge in [0, 0.05) is 17.1 Å². The summed E-state index contributed by atoms with van der Waals surface area (Å²) in [5.41, 5.74) is 1.69. The highest BCUT2D eigenvalue weighted by Gasteiger charge is 2.22. The quantitative estimate of drug-likeness (QED) is 0.298. The van der Waals surface area contributed by atoms with Gasteiger partial charge in [0.1, 0.15) is 10.6 Å². The number of aromatic nitrogens is 2. The van der Waals surface area contributed by atoms with Crippen molar-refractivity contribution >= 4 is 56.5 Å². The van der Waals surface area contributed by atoms with Gasteiger partial charge in [-0.05, 0) is 49.4 Å². The van der Waals surface area contributed by atoms with Gasteiger partial charge in [-0.15, -0.1) is 17.9 Å². The summed E-state index contributed by atoms with van der Waals surface area (Å²) in [7, 11) is 1.53. The molecule has 0 spiro atoms. The summed E-state index contributed by atoms with van der Waals surface area (Å²) >= 11 is 8.97. The molecule has 1 N–H and O–H groups in total. The van der Waals surface area contributed by atoms with E-state index in [1.165, 1.54) is 23.7 Å². The van der Waals surface area contributed by atoms with E-state index in [4.69, 9.17) is 21.3 Å². The van der Waals surface area contributed by atoms with Gasteiger partial charge in [-0.3, -0.25) is 14.2 Å². The topological polar surface area (TPSA) is 73.2 Å². The lowest BCUT2D eigenvalue weighted by atomic mass is 9.97. The van der Waals surface area contributed by atoms with Crippen LogP contribution in [0.1, 0.15) is 23.3 Å². The van der Waals surface area contributed by atoms with Crippen LogP contribution >= 0.6 is 34.7 Å². The first-order valence-corrected chi connectivity index (χ1v) is 12.1. The van der Waals surface area contributed by atoms with Crippen molar-refractivity contribution in [3.05, 3.63) is 56.7 Å². The number of aryl methyl sites for hydroxylation is 2. The van der Waals surface area contributed by atoms with Crippen LogP contribution in [0.2, 0.25) is 5.02 Å². The van der Waals surface area contributed by atoms with Gasteiger partial charge in [-0.1, -0.05) is 29.4 Å². The number of methoxy groups -OCH3 is 1. The van der Waals surface area contributed by atoms with Crippen molar-refractivity contribution in [2.24, 2.45) is 0 Å². The third-order valence-electron chi connectivity index (χ3n) is 5.12. The molecule has 9 heteroatoms. The second-order valence-electron chi connectivity index (χ2n) is 7.18. The number of ether oxygens (including phenoxy) is 1. The first kappa shape index (κ1) is 21.9. The zero-order chi connectivity index (χ0) is 22.0. The number of carbonyl (C=O) groups excluding carboxylic acids is 1. The Kier molecular flexibility index (Phi) is 6.69. The Morgan fingerprint density at radius 3 is 2.97 bits per heavy atom. The van der Waals surface area contributed by atoms with Gasteiger partial charge in [-0.25, -0.2) is 4.98 Å². The number of hydrogen-bond acceptors (Lipinski definition) is 6. The minimum Gasteiger partial charge on any atom is -0.495 e. The third kappa shape index (κ3) is 4.51. The number of fused-ring (bicyclic) bond motifs is 3. The van der Waals surface area contributed by atoms with Crippen molar-refractivity contribution < 1.29 is 9.53 Å². The number of thioether (sulfide) groups is 1. The summed E-state index contributed by atoms with van der Waals surface area (Å²) in [6, 6.07) is 5.05. The van der Waals surface area contributed by atoms with E-state index in [0.717, 1.165) is 41.5 Å². The maximum Gasteiger partial charge on any atom is 0.263 e. The van der Waals surface area contributed by atoms with Gasteiger partial charge in [0.2, 0.25) is 5.91 Å². The molecule has 31 heavy (non-hydrogen) atoms. The summed E-state index contributed by atoms with van der Waals surface area (Å²) in [5, 5.41) is 4.50. The van der Waals surface area contributed by atoms with Gasteiger partial charge in [0.05, 0.1) is 23.3 Å². The first-order valence-electron chi connectivity index (χ1n) is 9.94. The average Bonchev–Trinajstić information content (AvgIpc) is 3.13. The molecule has 0 saturated carbocycles. The molecule has 0 atom stereocenters. The second kappa shape index (κ2) is 9.46. The van der Waals surface area contributed by atoms with Crippen LogP contribution in [-0.4, -0.2) is 28.3 Å². The molecular weight excluding hydrogens is 454 g/mol. The molecule has 2 aromatic heterocycles. The Morgan fingerprint density at radius 2 is 2.23 bits per heavy atom. The van der Waals surface area contributed by atoms with E-state index in [2.05, 4.69) is 11.9 Å². The van der Waals surface area contributed by atoms with Crippen LogP contribution in [0.25, 0.3) is 10.2 Å². The van der Waals surface area contributed by atoms with Crippen molar-refractivity contribution in [2.75, 3.05) is 18.2 Å².